The van der Waals surface area contributed by atoms with Gasteiger partial charge in [-0.1, -0.05) is 0 Å². The molecule has 0 fully saturated rings. The number of ether oxygens (including phenoxy) is 1. The Kier molecular flexibility index (Phi) is 4.76. The molecule has 1 aromatic carbocycles. The zero-order chi connectivity index (χ0) is 12.3. The van der Waals surface area contributed by atoms with Crippen molar-refractivity contribution in [1.29, 1.82) is 0 Å². The van der Waals surface area contributed by atoms with Crippen molar-refractivity contribution >= 4 is 37.8 Å². The second-order valence-corrected chi connectivity index (χ2v) is 4.86. The van der Waals surface area contributed by atoms with Gasteiger partial charge in [-0.05, 0) is 49.6 Å². The fourth-order valence-corrected chi connectivity index (χ4v) is 2.46. The number of benzene rings is 1. The average molecular weight is 354 g/mol. The first-order valence-corrected chi connectivity index (χ1v) is 5.97. The molecular weight excluding hydrogens is 344 g/mol. The zero-order valence-electron chi connectivity index (χ0n) is 8.41. The average Bonchev–Trinajstić information content (AvgIpc) is 2.24. The fourth-order valence-electron chi connectivity index (χ4n) is 1.18. The highest BCUT2D eigenvalue weighted by Crippen LogP contribution is 2.33. The molecule has 0 saturated carbocycles. The normalized spacial score (nSPS) is 12.2. The number of carbonyl (C=O) groups excluding carboxylic acids is 1. The van der Waals surface area contributed by atoms with E-state index in [1.54, 1.807) is 12.1 Å². The molecule has 0 amide bonds. The lowest BCUT2D eigenvalue weighted by Crippen LogP contribution is -2.24. The van der Waals surface area contributed by atoms with Gasteiger partial charge in [0.15, 0.2) is 6.10 Å². The Morgan fingerprint density at radius 3 is 2.38 bits per heavy atom. The van der Waals surface area contributed by atoms with E-state index in [0.717, 1.165) is 0 Å². The molecule has 0 aliphatic rings. The summed E-state index contributed by atoms with van der Waals surface area (Å²) >= 11 is 6.33. The Balaban J connectivity index is 2.86. The molecule has 2 N–H and O–H groups in total. The number of hydrogen-bond acceptors (Lipinski definition) is 4. The number of halogens is 2. The number of phenolic OH excluding ortho intramolecular Hbond substituents is 1. The summed E-state index contributed by atoms with van der Waals surface area (Å²) in [4.78, 5) is 11.0. The summed E-state index contributed by atoms with van der Waals surface area (Å²) in [6.07, 6.45) is -1.07. The number of rotatable bonds is 3. The van der Waals surface area contributed by atoms with Crippen molar-refractivity contribution in [3.05, 3.63) is 26.6 Å². The van der Waals surface area contributed by atoms with Gasteiger partial charge in [0.05, 0.1) is 16.1 Å². The van der Waals surface area contributed by atoms with Crippen molar-refractivity contribution in [2.24, 2.45) is 0 Å². The lowest BCUT2D eigenvalue weighted by Gasteiger charge is -2.10. The van der Waals surface area contributed by atoms with Crippen LogP contribution >= 0.6 is 31.9 Å². The minimum Gasteiger partial charge on any atom is -0.506 e. The van der Waals surface area contributed by atoms with Crippen LogP contribution in [0.15, 0.2) is 21.1 Å². The van der Waals surface area contributed by atoms with Crippen LogP contribution in [0.25, 0.3) is 0 Å². The fraction of sp³-hybridized carbons (Fsp3) is 0.300. The molecule has 0 spiro atoms. The van der Waals surface area contributed by atoms with Gasteiger partial charge in [-0.25, -0.2) is 4.79 Å². The van der Waals surface area contributed by atoms with Crippen LogP contribution in [0.2, 0.25) is 0 Å². The minimum atomic E-state index is -1.20. The highest BCUT2D eigenvalue weighted by atomic mass is 79.9. The summed E-state index contributed by atoms with van der Waals surface area (Å²) in [5, 5.41) is 18.9. The molecule has 1 atom stereocenters. The number of aliphatic hydroxyl groups is 1. The van der Waals surface area contributed by atoms with Crippen LogP contribution < -0.4 is 0 Å². The second-order valence-electron chi connectivity index (χ2n) is 3.15. The second kappa shape index (κ2) is 5.65. The van der Waals surface area contributed by atoms with E-state index in [0.29, 0.717) is 14.5 Å². The maximum atomic E-state index is 11.0. The predicted octanol–water partition coefficient (Wildman–Crippen LogP) is 1.99. The number of aliphatic hydroxyl groups excluding tert-OH is 1. The van der Waals surface area contributed by atoms with E-state index in [1.165, 1.54) is 7.11 Å². The summed E-state index contributed by atoms with van der Waals surface area (Å²) in [7, 11) is 1.22. The molecule has 4 nitrogen and oxygen atoms in total. The molecule has 0 unspecified atom stereocenters. The largest absolute Gasteiger partial charge is 0.506 e. The zero-order valence-corrected chi connectivity index (χ0v) is 11.6. The van der Waals surface area contributed by atoms with Crippen molar-refractivity contribution in [2.45, 2.75) is 12.5 Å². The first-order chi connectivity index (χ1) is 7.45. The molecule has 88 valence electrons. The number of aromatic hydroxyl groups is 1. The smallest absolute Gasteiger partial charge is 0.335 e. The van der Waals surface area contributed by atoms with Crippen LogP contribution in [0.4, 0.5) is 0 Å². The Bertz CT molecular complexity index is 383. The molecule has 0 saturated heterocycles. The first kappa shape index (κ1) is 13.5. The van der Waals surface area contributed by atoms with Gasteiger partial charge in [0.2, 0.25) is 0 Å². The molecule has 16 heavy (non-hydrogen) atoms. The maximum Gasteiger partial charge on any atom is 0.335 e. The van der Waals surface area contributed by atoms with Crippen LogP contribution in [0.1, 0.15) is 5.56 Å². The lowest BCUT2D eigenvalue weighted by atomic mass is 10.1. The van der Waals surface area contributed by atoms with E-state index < -0.39 is 12.1 Å². The molecule has 1 rings (SSSR count). The van der Waals surface area contributed by atoms with E-state index >= 15 is 0 Å². The molecule has 0 bridgehead atoms. The van der Waals surface area contributed by atoms with Gasteiger partial charge in [0.25, 0.3) is 0 Å². The van der Waals surface area contributed by atoms with E-state index in [4.69, 9.17) is 0 Å². The van der Waals surface area contributed by atoms with E-state index in [9.17, 15) is 15.0 Å². The predicted molar refractivity (Wildman–Crippen MR) is 65.2 cm³/mol. The topological polar surface area (TPSA) is 66.8 Å². The quantitative estimate of drug-likeness (QED) is 0.815. The summed E-state index contributed by atoms with van der Waals surface area (Å²) in [6.45, 7) is 0. The molecule has 0 radical (unpaired) electrons. The van der Waals surface area contributed by atoms with Gasteiger partial charge < -0.3 is 14.9 Å². The third kappa shape index (κ3) is 3.20. The van der Waals surface area contributed by atoms with Crippen molar-refractivity contribution < 1.29 is 19.7 Å². The van der Waals surface area contributed by atoms with Crippen molar-refractivity contribution in [1.82, 2.24) is 0 Å². The molecule has 0 aliphatic carbocycles. The first-order valence-electron chi connectivity index (χ1n) is 4.38. The minimum absolute atomic E-state index is 0.0799. The van der Waals surface area contributed by atoms with Crippen LogP contribution in [0.5, 0.6) is 5.75 Å². The molecule has 0 heterocycles. The van der Waals surface area contributed by atoms with Crippen LogP contribution in [-0.4, -0.2) is 29.4 Å². The third-order valence-corrected chi connectivity index (χ3v) is 3.19. The number of hydrogen-bond donors (Lipinski definition) is 2. The van der Waals surface area contributed by atoms with Crippen molar-refractivity contribution in [3.8, 4) is 5.75 Å². The Labute approximate surface area is 109 Å². The molecule has 6 heteroatoms. The van der Waals surface area contributed by atoms with Gasteiger partial charge in [0, 0.05) is 6.42 Å². The Morgan fingerprint density at radius 2 is 1.94 bits per heavy atom. The van der Waals surface area contributed by atoms with Gasteiger partial charge in [-0.15, -0.1) is 0 Å². The number of carbonyl (C=O) groups is 1. The third-order valence-electron chi connectivity index (χ3n) is 1.98. The molecular formula is C10H10Br2O4. The SMILES string of the molecule is COC(=O)[C@H](O)Cc1cc(Br)c(O)c(Br)c1. The van der Waals surface area contributed by atoms with Crippen molar-refractivity contribution in [2.75, 3.05) is 7.11 Å². The summed E-state index contributed by atoms with van der Waals surface area (Å²) in [6, 6.07) is 3.26. The standard InChI is InChI=1S/C10H10Br2O4/c1-16-10(15)8(13)4-5-2-6(11)9(14)7(12)3-5/h2-3,8,13-14H,4H2,1H3/t8-/m1/s1. The Morgan fingerprint density at radius 1 is 1.44 bits per heavy atom. The van der Waals surface area contributed by atoms with Gasteiger partial charge in [0.1, 0.15) is 5.75 Å². The highest BCUT2D eigenvalue weighted by molar-refractivity contribution is 9.11. The lowest BCUT2D eigenvalue weighted by molar-refractivity contribution is -0.150. The molecule has 0 aromatic heterocycles. The van der Waals surface area contributed by atoms with Crippen LogP contribution in [0.3, 0.4) is 0 Å². The number of esters is 1. The van der Waals surface area contributed by atoms with E-state index in [2.05, 4.69) is 36.6 Å². The van der Waals surface area contributed by atoms with Gasteiger partial charge >= 0.3 is 5.97 Å². The van der Waals surface area contributed by atoms with E-state index in [-0.39, 0.29) is 12.2 Å². The van der Waals surface area contributed by atoms with Crippen molar-refractivity contribution in [3.63, 3.8) is 0 Å². The summed E-state index contributed by atoms with van der Waals surface area (Å²) in [5.41, 5.74) is 0.703. The van der Waals surface area contributed by atoms with Gasteiger partial charge in [-0.2, -0.15) is 0 Å². The number of methoxy groups -OCH3 is 1. The monoisotopic (exact) mass is 352 g/mol. The maximum absolute atomic E-state index is 11.0. The summed E-state index contributed by atoms with van der Waals surface area (Å²) in [5.74, 6) is -0.600. The van der Waals surface area contributed by atoms with Crippen LogP contribution in [-0.2, 0) is 16.0 Å². The number of phenols is 1. The van der Waals surface area contributed by atoms with Gasteiger partial charge in [-0.3, -0.25) is 0 Å². The Hall–Kier alpha value is -0.590. The molecule has 0 aliphatic heterocycles. The summed E-state index contributed by atoms with van der Waals surface area (Å²) < 4.78 is 5.40. The van der Waals surface area contributed by atoms with E-state index in [1.807, 2.05) is 0 Å². The highest BCUT2D eigenvalue weighted by Gasteiger charge is 2.17. The molecule has 1 aromatic rings. The van der Waals surface area contributed by atoms with Crippen LogP contribution in [0, 0.1) is 0 Å².